The molecule has 1 nitrogen and oxygen atoms in total. The molecule has 0 atom stereocenters. The average Bonchev–Trinajstić information content (AvgIpc) is 2.45. The van der Waals surface area contributed by atoms with Gasteiger partial charge in [-0.05, 0) is 35.4 Å². The van der Waals surface area contributed by atoms with E-state index < -0.39 is 11.7 Å². The number of hydrogen-bond acceptors (Lipinski definition) is 1. The van der Waals surface area contributed by atoms with E-state index in [1.54, 1.807) is 12.1 Å². The number of alkyl halides is 4. The third-order valence-electron chi connectivity index (χ3n) is 2.76. The minimum Gasteiger partial charge on any atom is -0.489 e. The molecule has 0 spiro atoms. The molecule has 0 unspecified atom stereocenters. The predicted octanol–water partition coefficient (Wildman–Crippen LogP) is 5.02. The molecular weight excluding hydrogens is 289 g/mol. The van der Waals surface area contributed by atoms with Gasteiger partial charge in [0.25, 0.3) is 0 Å². The summed E-state index contributed by atoms with van der Waals surface area (Å²) in [5.41, 5.74) is 1.00. The Morgan fingerprint density at radius 2 is 1.40 bits per heavy atom. The van der Waals surface area contributed by atoms with E-state index in [0.29, 0.717) is 17.2 Å². The lowest BCUT2D eigenvalue weighted by molar-refractivity contribution is -0.137. The summed E-state index contributed by atoms with van der Waals surface area (Å²) in [4.78, 5) is 0. The van der Waals surface area contributed by atoms with Crippen molar-refractivity contribution in [3.63, 3.8) is 0 Å². The van der Waals surface area contributed by atoms with Crippen molar-refractivity contribution in [2.75, 3.05) is 0 Å². The molecule has 0 heterocycles. The Morgan fingerprint density at radius 1 is 0.850 bits per heavy atom. The maximum Gasteiger partial charge on any atom is 0.416 e. The summed E-state index contributed by atoms with van der Waals surface area (Å²) < 4.78 is 42.7. The molecule has 0 saturated carbocycles. The third-order valence-corrected chi connectivity index (χ3v) is 3.07. The molecule has 0 aliphatic heterocycles. The van der Waals surface area contributed by atoms with Crippen LogP contribution in [0.3, 0.4) is 0 Å². The zero-order valence-electron chi connectivity index (χ0n) is 10.5. The van der Waals surface area contributed by atoms with Gasteiger partial charge in [0.2, 0.25) is 0 Å². The van der Waals surface area contributed by atoms with Crippen molar-refractivity contribution in [1.82, 2.24) is 0 Å². The van der Waals surface area contributed by atoms with E-state index >= 15 is 0 Å². The fourth-order valence-electron chi connectivity index (χ4n) is 1.63. The van der Waals surface area contributed by atoms with E-state index in [2.05, 4.69) is 0 Å². The Balaban J connectivity index is 1.96. The molecule has 0 radical (unpaired) electrons. The van der Waals surface area contributed by atoms with E-state index in [-0.39, 0.29) is 6.61 Å². The molecule has 0 saturated heterocycles. The van der Waals surface area contributed by atoms with Gasteiger partial charge >= 0.3 is 6.18 Å². The summed E-state index contributed by atoms with van der Waals surface area (Å²) >= 11 is 5.67. The molecule has 0 bridgehead atoms. The highest BCUT2D eigenvalue weighted by atomic mass is 35.5. The Morgan fingerprint density at radius 3 is 1.90 bits per heavy atom. The normalized spacial score (nSPS) is 11.4. The van der Waals surface area contributed by atoms with E-state index in [1.165, 1.54) is 12.1 Å². The summed E-state index contributed by atoms with van der Waals surface area (Å²) in [5.74, 6) is 1.08. The first kappa shape index (κ1) is 14.7. The highest BCUT2D eigenvalue weighted by Gasteiger charge is 2.29. The van der Waals surface area contributed by atoms with Crippen LogP contribution in [0.4, 0.5) is 13.2 Å². The summed E-state index contributed by atoms with van der Waals surface area (Å²) in [6, 6.07) is 12.2. The molecule has 0 aromatic heterocycles. The maximum absolute atomic E-state index is 12.4. The summed E-state index contributed by atoms with van der Waals surface area (Å²) in [6.07, 6.45) is -4.31. The molecular formula is C15H12ClF3O. The van der Waals surface area contributed by atoms with E-state index in [9.17, 15) is 13.2 Å². The van der Waals surface area contributed by atoms with Crippen molar-refractivity contribution in [3.05, 3.63) is 65.2 Å². The second-order valence-electron chi connectivity index (χ2n) is 4.26. The summed E-state index contributed by atoms with van der Waals surface area (Å²) in [5, 5.41) is 0. The predicted molar refractivity (Wildman–Crippen MR) is 71.8 cm³/mol. The lowest BCUT2D eigenvalue weighted by atomic mass is 10.1. The molecule has 0 N–H and O–H groups in total. The number of ether oxygens (including phenoxy) is 1. The highest BCUT2D eigenvalue weighted by Crippen LogP contribution is 2.29. The lowest BCUT2D eigenvalue weighted by Crippen LogP contribution is -2.05. The molecule has 2 aromatic rings. The third kappa shape index (κ3) is 3.90. The lowest BCUT2D eigenvalue weighted by Gasteiger charge is -2.09. The van der Waals surface area contributed by atoms with Crippen LogP contribution in [0.2, 0.25) is 0 Å². The Hall–Kier alpha value is -1.68. The highest BCUT2D eigenvalue weighted by molar-refractivity contribution is 6.17. The van der Waals surface area contributed by atoms with Crippen molar-refractivity contribution >= 4 is 11.6 Å². The first-order chi connectivity index (χ1) is 9.49. The van der Waals surface area contributed by atoms with Gasteiger partial charge < -0.3 is 4.74 Å². The minimum atomic E-state index is -4.31. The topological polar surface area (TPSA) is 9.23 Å². The second-order valence-corrected chi connectivity index (χ2v) is 4.53. The van der Waals surface area contributed by atoms with Crippen LogP contribution in [0, 0.1) is 0 Å². The quantitative estimate of drug-likeness (QED) is 0.720. The molecule has 2 rings (SSSR count). The Kier molecular flexibility index (Phi) is 4.55. The van der Waals surface area contributed by atoms with Crippen molar-refractivity contribution in [1.29, 1.82) is 0 Å². The van der Waals surface area contributed by atoms with Gasteiger partial charge in [-0.3, -0.25) is 0 Å². The molecule has 0 aliphatic rings. The van der Waals surface area contributed by atoms with Crippen LogP contribution in [0.1, 0.15) is 16.7 Å². The SMILES string of the molecule is FC(F)(F)c1ccc(COc2ccc(CCl)cc2)cc1. The first-order valence-corrected chi connectivity index (χ1v) is 6.46. The van der Waals surface area contributed by atoms with Crippen LogP contribution < -0.4 is 4.74 Å². The monoisotopic (exact) mass is 300 g/mol. The molecule has 0 fully saturated rings. The van der Waals surface area contributed by atoms with Crippen molar-refractivity contribution in [3.8, 4) is 5.75 Å². The molecule has 0 amide bonds. The van der Waals surface area contributed by atoms with Crippen LogP contribution in [0.5, 0.6) is 5.75 Å². The number of hydrogen-bond donors (Lipinski definition) is 0. The number of benzene rings is 2. The standard InChI is InChI=1S/C15H12ClF3O/c16-9-11-3-7-14(8-4-11)20-10-12-1-5-13(6-2-12)15(17,18)19/h1-8H,9-10H2. The molecule has 20 heavy (non-hydrogen) atoms. The van der Waals surface area contributed by atoms with Gasteiger partial charge in [-0.25, -0.2) is 0 Å². The zero-order chi connectivity index (χ0) is 14.6. The van der Waals surface area contributed by atoms with Gasteiger partial charge in [0.15, 0.2) is 0 Å². The van der Waals surface area contributed by atoms with Crippen LogP contribution in [-0.4, -0.2) is 0 Å². The summed E-state index contributed by atoms with van der Waals surface area (Å²) in [7, 11) is 0. The van der Waals surface area contributed by atoms with Gasteiger partial charge in [0, 0.05) is 5.88 Å². The maximum atomic E-state index is 12.4. The number of halogens is 4. The molecule has 5 heteroatoms. The fourth-order valence-corrected chi connectivity index (χ4v) is 1.81. The molecule has 0 aliphatic carbocycles. The van der Waals surface area contributed by atoms with Gasteiger partial charge in [0.05, 0.1) is 5.56 Å². The van der Waals surface area contributed by atoms with Crippen molar-refractivity contribution in [2.24, 2.45) is 0 Å². The van der Waals surface area contributed by atoms with Gasteiger partial charge in [-0.1, -0.05) is 24.3 Å². The van der Waals surface area contributed by atoms with Crippen LogP contribution in [0.15, 0.2) is 48.5 Å². The van der Waals surface area contributed by atoms with Crippen molar-refractivity contribution < 1.29 is 17.9 Å². The molecule has 106 valence electrons. The number of rotatable bonds is 4. The van der Waals surface area contributed by atoms with Crippen LogP contribution in [0.25, 0.3) is 0 Å². The zero-order valence-corrected chi connectivity index (χ0v) is 11.2. The van der Waals surface area contributed by atoms with Gasteiger partial charge in [-0.2, -0.15) is 13.2 Å². The van der Waals surface area contributed by atoms with Crippen LogP contribution in [-0.2, 0) is 18.7 Å². The smallest absolute Gasteiger partial charge is 0.416 e. The fraction of sp³-hybridized carbons (Fsp3) is 0.200. The molecule has 2 aromatic carbocycles. The van der Waals surface area contributed by atoms with Gasteiger partial charge in [0.1, 0.15) is 12.4 Å². The van der Waals surface area contributed by atoms with E-state index in [4.69, 9.17) is 16.3 Å². The average molecular weight is 301 g/mol. The minimum absolute atomic E-state index is 0.221. The van der Waals surface area contributed by atoms with Crippen molar-refractivity contribution in [2.45, 2.75) is 18.7 Å². The Labute approximate surface area is 119 Å². The van der Waals surface area contributed by atoms with Crippen LogP contribution >= 0.6 is 11.6 Å². The second kappa shape index (κ2) is 6.18. The largest absolute Gasteiger partial charge is 0.489 e. The Bertz CT molecular complexity index is 547. The van der Waals surface area contributed by atoms with E-state index in [1.807, 2.05) is 12.1 Å². The first-order valence-electron chi connectivity index (χ1n) is 5.93. The van der Waals surface area contributed by atoms with E-state index in [0.717, 1.165) is 17.7 Å². The summed E-state index contributed by atoms with van der Waals surface area (Å²) in [6.45, 7) is 0.221. The van der Waals surface area contributed by atoms with Gasteiger partial charge in [-0.15, -0.1) is 11.6 Å².